The van der Waals surface area contributed by atoms with Gasteiger partial charge in [-0.05, 0) is 38.1 Å². The van der Waals surface area contributed by atoms with Gasteiger partial charge in [-0.1, -0.05) is 6.07 Å². The molecule has 0 spiro atoms. The molecule has 1 N–H and O–H groups in total. The molecule has 0 aliphatic rings. The van der Waals surface area contributed by atoms with Crippen LogP contribution in [0.25, 0.3) is 10.9 Å². The molecule has 0 aliphatic carbocycles. The van der Waals surface area contributed by atoms with Crippen molar-refractivity contribution in [1.29, 1.82) is 0 Å². The summed E-state index contributed by atoms with van der Waals surface area (Å²) in [4.78, 5) is 0. The molecular weight excluding hydrogens is 203 g/mol. The molecule has 0 bridgehead atoms. The summed E-state index contributed by atoms with van der Waals surface area (Å²) in [5.41, 5.74) is 2.02. The van der Waals surface area contributed by atoms with Crippen molar-refractivity contribution in [2.24, 2.45) is 7.05 Å². The Morgan fingerprint density at radius 1 is 1.44 bits per heavy atom. The molecule has 1 atom stereocenters. The molecule has 2 aromatic rings. The van der Waals surface area contributed by atoms with Crippen LogP contribution in [0.3, 0.4) is 0 Å². The molecule has 1 aromatic carbocycles. The van der Waals surface area contributed by atoms with Gasteiger partial charge in [0.1, 0.15) is 5.82 Å². The summed E-state index contributed by atoms with van der Waals surface area (Å²) in [7, 11) is 3.88. The fourth-order valence-corrected chi connectivity index (χ4v) is 2.08. The first-order valence-corrected chi connectivity index (χ1v) is 5.53. The van der Waals surface area contributed by atoms with Gasteiger partial charge in [0, 0.05) is 24.7 Å². The first kappa shape index (κ1) is 11.1. The molecule has 1 aromatic heterocycles. The van der Waals surface area contributed by atoms with Gasteiger partial charge in [0.05, 0.1) is 5.52 Å². The molecular formula is C13H17FN2. The minimum Gasteiger partial charge on any atom is -0.350 e. The molecule has 0 amide bonds. The highest BCUT2D eigenvalue weighted by molar-refractivity contribution is 5.84. The van der Waals surface area contributed by atoms with E-state index in [0.29, 0.717) is 6.04 Å². The van der Waals surface area contributed by atoms with Crippen LogP contribution in [0.2, 0.25) is 0 Å². The van der Waals surface area contributed by atoms with Crippen LogP contribution >= 0.6 is 0 Å². The number of nitrogens with zero attached hydrogens (tertiary/aromatic N) is 1. The van der Waals surface area contributed by atoms with E-state index >= 15 is 0 Å². The van der Waals surface area contributed by atoms with Crippen LogP contribution in [0.4, 0.5) is 4.39 Å². The lowest BCUT2D eigenvalue weighted by molar-refractivity contribution is 0.605. The van der Waals surface area contributed by atoms with Gasteiger partial charge >= 0.3 is 0 Å². The molecule has 1 heterocycles. The van der Waals surface area contributed by atoms with E-state index in [-0.39, 0.29) is 5.82 Å². The Morgan fingerprint density at radius 3 is 2.88 bits per heavy atom. The minimum absolute atomic E-state index is 0.128. The van der Waals surface area contributed by atoms with Gasteiger partial charge in [0.15, 0.2) is 0 Å². The highest BCUT2D eigenvalue weighted by Gasteiger charge is 2.12. The molecule has 0 saturated heterocycles. The second kappa shape index (κ2) is 4.26. The fraction of sp³-hybridized carbons (Fsp3) is 0.385. The molecule has 0 fully saturated rings. The summed E-state index contributed by atoms with van der Waals surface area (Å²) in [5.74, 6) is -0.128. The van der Waals surface area contributed by atoms with Crippen LogP contribution in [0.1, 0.15) is 12.5 Å². The van der Waals surface area contributed by atoms with Crippen molar-refractivity contribution < 1.29 is 4.39 Å². The third-order valence-electron chi connectivity index (χ3n) is 3.06. The van der Waals surface area contributed by atoms with E-state index in [9.17, 15) is 4.39 Å². The fourth-order valence-electron chi connectivity index (χ4n) is 2.08. The predicted molar refractivity (Wildman–Crippen MR) is 65.1 cm³/mol. The number of fused-ring (bicyclic) bond motifs is 1. The van der Waals surface area contributed by atoms with Gasteiger partial charge in [-0.3, -0.25) is 0 Å². The van der Waals surface area contributed by atoms with Crippen LogP contribution in [-0.2, 0) is 13.5 Å². The van der Waals surface area contributed by atoms with Crippen LogP contribution in [0, 0.1) is 5.82 Å². The highest BCUT2D eigenvalue weighted by atomic mass is 19.1. The Bertz CT molecular complexity index is 502. The standard InChI is InChI=1S/C13H17FN2/c1-9(15-2)7-10-8-16(3)12-6-4-5-11(14)13(10)12/h4-6,8-9,15H,7H2,1-3H3. The van der Waals surface area contributed by atoms with Gasteiger partial charge in [-0.2, -0.15) is 0 Å². The molecule has 2 rings (SSSR count). The number of aromatic nitrogens is 1. The quantitative estimate of drug-likeness (QED) is 0.840. The molecule has 0 saturated carbocycles. The predicted octanol–water partition coefficient (Wildman–Crippen LogP) is 2.47. The molecule has 0 radical (unpaired) electrons. The maximum Gasteiger partial charge on any atom is 0.132 e. The number of halogens is 1. The van der Waals surface area contributed by atoms with Crippen LogP contribution in [0.5, 0.6) is 0 Å². The number of benzene rings is 1. The van der Waals surface area contributed by atoms with Crippen LogP contribution < -0.4 is 5.32 Å². The second-order valence-electron chi connectivity index (χ2n) is 4.29. The minimum atomic E-state index is -0.128. The van der Waals surface area contributed by atoms with Crippen molar-refractivity contribution in [3.63, 3.8) is 0 Å². The zero-order chi connectivity index (χ0) is 11.7. The first-order chi connectivity index (χ1) is 7.63. The number of nitrogens with one attached hydrogen (secondary N) is 1. The van der Waals surface area contributed by atoms with Crippen molar-refractivity contribution in [2.75, 3.05) is 7.05 Å². The van der Waals surface area contributed by atoms with Crippen molar-refractivity contribution in [3.05, 3.63) is 35.8 Å². The molecule has 16 heavy (non-hydrogen) atoms. The average Bonchev–Trinajstić information content (AvgIpc) is 2.57. The molecule has 86 valence electrons. The third kappa shape index (κ3) is 1.83. The van der Waals surface area contributed by atoms with E-state index < -0.39 is 0 Å². The first-order valence-electron chi connectivity index (χ1n) is 5.53. The van der Waals surface area contributed by atoms with Crippen molar-refractivity contribution >= 4 is 10.9 Å². The molecule has 2 nitrogen and oxygen atoms in total. The van der Waals surface area contributed by atoms with Crippen LogP contribution in [-0.4, -0.2) is 17.7 Å². The van der Waals surface area contributed by atoms with Gasteiger partial charge in [-0.15, -0.1) is 0 Å². The summed E-state index contributed by atoms with van der Waals surface area (Å²) in [6, 6.07) is 5.58. The second-order valence-corrected chi connectivity index (χ2v) is 4.29. The highest BCUT2D eigenvalue weighted by Crippen LogP contribution is 2.24. The van der Waals surface area contributed by atoms with Gasteiger partial charge < -0.3 is 9.88 Å². The number of aryl methyl sites for hydroxylation is 1. The lowest BCUT2D eigenvalue weighted by Crippen LogP contribution is -2.23. The van der Waals surface area contributed by atoms with Crippen molar-refractivity contribution in [1.82, 2.24) is 9.88 Å². The monoisotopic (exact) mass is 220 g/mol. The zero-order valence-electron chi connectivity index (χ0n) is 9.92. The lowest BCUT2D eigenvalue weighted by atomic mass is 10.1. The van der Waals surface area contributed by atoms with E-state index in [2.05, 4.69) is 12.2 Å². The summed E-state index contributed by atoms with van der Waals surface area (Å²) in [6.07, 6.45) is 2.86. The van der Waals surface area contributed by atoms with E-state index in [4.69, 9.17) is 0 Å². The van der Waals surface area contributed by atoms with E-state index in [1.54, 1.807) is 6.07 Å². The number of hydrogen-bond donors (Lipinski definition) is 1. The Morgan fingerprint density at radius 2 is 2.19 bits per heavy atom. The Kier molecular flexibility index (Phi) is 2.97. The average molecular weight is 220 g/mol. The van der Waals surface area contributed by atoms with E-state index in [1.807, 2.05) is 30.9 Å². The smallest absolute Gasteiger partial charge is 0.132 e. The molecule has 1 unspecified atom stereocenters. The van der Waals surface area contributed by atoms with Crippen molar-refractivity contribution in [2.45, 2.75) is 19.4 Å². The largest absolute Gasteiger partial charge is 0.350 e. The molecule has 0 aliphatic heterocycles. The van der Waals surface area contributed by atoms with E-state index in [1.165, 1.54) is 6.07 Å². The Hall–Kier alpha value is -1.35. The van der Waals surface area contributed by atoms with E-state index in [0.717, 1.165) is 22.9 Å². The lowest BCUT2D eigenvalue weighted by Gasteiger charge is -2.08. The van der Waals surface area contributed by atoms with Gasteiger partial charge in [0.2, 0.25) is 0 Å². The third-order valence-corrected chi connectivity index (χ3v) is 3.06. The number of hydrogen-bond acceptors (Lipinski definition) is 1. The Balaban J connectivity index is 2.53. The summed E-state index contributed by atoms with van der Waals surface area (Å²) < 4.78 is 15.8. The van der Waals surface area contributed by atoms with Gasteiger partial charge in [0.25, 0.3) is 0 Å². The summed E-state index contributed by atoms with van der Waals surface area (Å²) in [5, 5.41) is 3.93. The maximum atomic E-state index is 13.8. The van der Waals surface area contributed by atoms with Crippen molar-refractivity contribution in [3.8, 4) is 0 Å². The topological polar surface area (TPSA) is 17.0 Å². The summed E-state index contributed by atoms with van der Waals surface area (Å²) >= 11 is 0. The SMILES string of the molecule is CNC(C)Cc1cn(C)c2cccc(F)c12. The van der Waals surface area contributed by atoms with Crippen LogP contribution in [0.15, 0.2) is 24.4 Å². The number of likely N-dealkylation sites (N-methyl/N-ethyl adjacent to an activating group) is 1. The zero-order valence-corrected chi connectivity index (χ0v) is 9.92. The molecule has 3 heteroatoms. The normalized spacial score (nSPS) is 13.2. The number of rotatable bonds is 3. The summed E-state index contributed by atoms with van der Waals surface area (Å²) in [6.45, 7) is 2.10. The maximum absolute atomic E-state index is 13.8. The van der Waals surface area contributed by atoms with Gasteiger partial charge in [-0.25, -0.2) is 4.39 Å². The Labute approximate surface area is 95.1 Å².